The number of nitrogens with zero attached hydrogens (tertiary/aromatic N) is 3. The van der Waals surface area contributed by atoms with Gasteiger partial charge in [-0.25, -0.2) is 4.98 Å². The van der Waals surface area contributed by atoms with Gasteiger partial charge in [-0.1, -0.05) is 6.07 Å². The van der Waals surface area contributed by atoms with Crippen molar-refractivity contribution in [2.45, 2.75) is 6.92 Å². The molecule has 4 heterocycles. The van der Waals surface area contributed by atoms with Crippen LogP contribution in [0.15, 0.2) is 42.6 Å². The molecule has 0 fully saturated rings. The summed E-state index contributed by atoms with van der Waals surface area (Å²) in [5, 5.41) is 15.3. The fourth-order valence-corrected chi connectivity index (χ4v) is 3.33. The smallest absolute Gasteiger partial charge is 0.290 e. The number of aryl methyl sites for hydroxylation is 1. The van der Waals surface area contributed by atoms with E-state index in [4.69, 9.17) is 29.1 Å². The number of H-pyrrole nitrogens is 1. The molecule has 0 saturated heterocycles. The van der Waals surface area contributed by atoms with E-state index in [9.17, 15) is 0 Å². The third kappa shape index (κ3) is 3.37. The van der Waals surface area contributed by atoms with E-state index in [-0.39, 0.29) is 13.3 Å². The van der Waals surface area contributed by atoms with Crippen LogP contribution in [0.5, 0.6) is 17.2 Å². The Bertz CT molecular complexity index is 1210. The molecule has 0 aliphatic carbocycles. The highest BCUT2D eigenvalue weighted by atomic mass is 16.7. The molecule has 0 radical (unpaired) electrons. The lowest BCUT2D eigenvalue weighted by Gasteiger charge is -2.09. The van der Waals surface area contributed by atoms with Gasteiger partial charge < -0.3 is 19.3 Å². The highest BCUT2D eigenvalue weighted by molar-refractivity contribution is 5.94. The molecule has 0 amide bonds. The first-order valence-corrected chi connectivity index (χ1v) is 8.99. The van der Waals surface area contributed by atoms with Gasteiger partial charge in [-0.05, 0) is 42.8 Å². The number of methoxy groups -OCH3 is 1. The number of nitrogens with one attached hydrogen (secondary N) is 1. The Hall–Kier alpha value is -4.14. The average molecular weight is 406 g/mol. The van der Waals surface area contributed by atoms with Crippen molar-refractivity contribution in [3.05, 3.63) is 48.2 Å². The Morgan fingerprint density at radius 2 is 2.03 bits per heavy atom. The van der Waals surface area contributed by atoms with E-state index in [0.717, 1.165) is 33.6 Å². The monoisotopic (exact) mass is 406 g/mol. The zero-order chi connectivity index (χ0) is 21.1. The molecule has 0 unspecified atom stereocenters. The van der Waals surface area contributed by atoms with Crippen molar-refractivity contribution < 1.29 is 24.1 Å². The molecular weight excluding hydrogens is 388 g/mol. The summed E-state index contributed by atoms with van der Waals surface area (Å²) in [5.74, 6) is 1.90. The Balaban J connectivity index is 0.000000687. The van der Waals surface area contributed by atoms with Gasteiger partial charge in [0.15, 0.2) is 17.1 Å². The van der Waals surface area contributed by atoms with Crippen LogP contribution in [0.4, 0.5) is 0 Å². The molecule has 3 aromatic heterocycles. The second kappa shape index (κ2) is 8.08. The number of aromatic nitrogens is 4. The minimum atomic E-state index is -0.250. The van der Waals surface area contributed by atoms with Gasteiger partial charge >= 0.3 is 0 Å². The molecule has 1 aliphatic heterocycles. The Kier molecular flexibility index (Phi) is 5.17. The van der Waals surface area contributed by atoms with Crippen LogP contribution in [-0.4, -0.2) is 45.6 Å². The normalized spacial score (nSPS) is 11.7. The molecule has 4 aromatic rings. The maximum absolute atomic E-state index is 8.36. The molecule has 2 N–H and O–H groups in total. The molecule has 1 aromatic carbocycles. The van der Waals surface area contributed by atoms with Crippen LogP contribution in [0.25, 0.3) is 33.7 Å². The van der Waals surface area contributed by atoms with Gasteiger partial charge in [0.2, 0.25) is 12.5 Å². The number of pyridine rings is 2. The molecule has 152 valence electrons. The van der Waals surface area contributed by atoms with Gasteiger partial charge in [0.05, 0.1) is 29.6 Å². The summed E-state index contributed by atoms with van der Waals surface area (Å²) >= 11 is 0. The van der Waals surface area contributed by atoms with E-state index >= 15 is 0 Å². The highest BCUT2D eigenvalue weighted by Crippen LogP contribution is 2.44. The van der Waals surface area contributed by atoms with Crippen molar-refractivity contribution in [3.8, 4) is 39.9 Å². The lowest BCUT2D eigenvalue weighted by molar-refractivity contribution is -0.122. The summed E-state index contributed by atoms with van der Waals surface area (Å²) in [4.78, 5) is 17.5. The number of carboxylic acid groups (broad SMARTS) is 1. The van der Waals surface area contributed by atoms with Crippen molar-refractivity contribution in [3.63, 3.8) is 0 Å². The van der Waals surface area contributed by atoms with Crippen LogP contribution in [0.3, 0.4) is 0 Å². The van der Waals surface area contributed by atoms with Gasteiger partial charge in [0.1, 0.15) is 0 Å². The summed E-state index contributed by atoms with van der Waals surface area (Å²) in [5.41, 5.74) is 5.07. The number of aromatic amines is 1. The zero-order valence-electron chi connectivity index (χ0n) is 16.2. The maximum atomic E-state index is 8.36. The fourth-order valence-electron chi connectivity index (χ4n) is 3.33. The number of fused-ring (bicyclic) bond motifs is 2. The summed E-state index contributed by atoms with van der Waals surface area (Å²) in [7, 11) is 1.61. The topological polar surface area (TPSA) is 119 Å². The van der Waals surface area contributed by atoms with Crippen molar-refractivity contribution in [2.75, 3.05) is 13.9 Å². The second-order valence-corrected chi connectivity index (χ2v) is 6.35. The number of hydrogen-bond acceptors (Lipinski definition) is 7. The standard InChI is InChI=1S/C20H16N4O3.CH2O2/c1-11-7-14(12-8-15(25-2)19-16(9-12)26-10-27-19)22-20-17(11)18(23-24-20)13-5-3-4-6-21-13;2-1-3/h3-9H,10H2,1-2H3,(H,22,23,24);1H,(H,2,3). The van der Waals surface area contributed by atoms with Crippen LogP contribution in [-0.2, 0) is 4.79 Å². The molecule has 0 atom stereocenters. The maximum Gasteiger partial charge on any atom is 0.290 e. The zero-order valence-corrected chi connectivity index (χ0v) is 16.2. The van der Waals surface area contributed by atoms with Gasteiger partial charge in [-0.15, -0.1) is 0 Å². The molecule has 30 heavy (non-hydrogen) atoms. The number of hydrogen-bond donors (Lipinski definition) is 2. The minimum absolute atomic E-state index is 0.188. The molecule has 0 saturated carbocycles. The van der Waals surface area contributed by atoms with Crippen LogP contribution in [0.1, 0.15) is 5.56 Å². The Morgan fingerprint density at radius 3 is 2.77 bits per heavy atom. The molecule has 9 nitrogen and oxygen atoms in total. The van der Waals surface area contributed by atoms with Gasteiger partial charge in [-0.2, -0.15) is 5.10 Å². The predicted octanol–water partition coefficient (Wildman–Crippen LogP) is 3.43. The lowest BCUT2D eigenvalue weighted by Crippen LogP contribution is -1.93. The largest absolute Gasteiger partial charge is 0.493 e. The van der Waals surface area contributed by atoms with Crippen molar-refractivity contribution in [1.29, 1.82) is 0 Å². The third-order valence-electron chi connectivity index (χ3n) is 4.60. The predicted molar refractivity (Wildman–Crippen MR) is 109 cm³/mol. The number of rotatable bonds is 3. The first-order valence-electron chi connectivity index (χ1n) is 8.99. The highest BCUT2D eigenvalue weighted by Gasteiger charge is 2.22. The first-order chi connectivity index (χ1) is 14.7. The van der Waals surface area contributed by atoms with E-state index in [1.807, 2.05) is 43.3 Å². The summed E-state index contributed by atoms with van der Waals surface area (Å²) in [6, 6.07) is 11.6. The van der Waals surface area contributed by atoms with Crippen molar-refractivity contribution in [2.24, 2.45) is 0 Å². The average Bonchev–Trinajstić information content (AvgIpc) is 3.41. The molecule has 0 spiro atoms. The summed E-state index contributed by atoms with van der Waals surface area (Å²) in [6.07, 6.45) is 1.76. The van der Waals surface area contributed by atoms with Crippen molar-refractivity contribution in [1.82, 2.24) is 20.2 Å². The van der Waals surface area contributed by atoms with Crippen LogP contribution in [0, 0.1) is 6.92 Å². The molecule has 0 bridgehead atoms. The molecular formula is C21H18N4O5. The van der Waals surface area contributed by atoms with Crippen molar-refractivity contribution >= 4 is 17.5 Å². The number of ether oxygens (including phenoxy) is 3. The third-order valence-corrected chi connectivity index (χ3v) is 4.60. The van der Waals surface area contributed by atoms with E-state index in [0.29, 0.717) is 22.9 Å². The number of carbonyl (C=O) groups is 1. The quantitative estimate of drug-likeness (QED) is 0.497. The summed E-state index contributed by atoms with van der Waals surface area (Å²) in [6.45, 7) is 1.98. The second-order valence-electron chi connectivity index (χ2n) is 6.35. The number of benzene rings is 1. The van der Waals surface area contributed by atoms with E-state index in [1.54, 1.807) is 13.3 Å². The van der Waals surface area contributed by atoms with Crippen LogP contribution in [0.2, 0.25) is 0 Å². The Labute approximate surface area is 171 Å². The van der Waals surface area contributed by atoms with Crippen LogP contribution < -0.4 is 14.2 Å². The SMILES string of the molecule is COc1cc(-c2cc(C)c3c(-c4ccccn4)[nH]nc3n2)cc2c1OCO2.O=CO. The van der Waals surface area contributed by atoms with Gasteiger partial charge in [0.25, 0.3) is 6.47 Å². The van der Waals surface area contributed by atoms with E-state index in [1.165, 1.54) is 0 Å². The van der Waals surface area contributed by atoms with E-state index in [2.05, 4.69) is 15.2 Å². The van der Waals surface area contributed by atoms with E-state index < -0.39 is 0 Å². The minimum Gasteiger partial charge on any atom is -0.493 e. The van der Waals surface area contributed by atoms with Gasteiger partial charge in [0, 0.05) is 11.8 Å². The Morgan fingerprint density at radius 1 is 1.20 bits per heavy atom. The molecule has 1 aliphatic rings. The molecule has 9 heteroatoms. The first kappa shape index (κ1) is 19.2. The lowest BCUT2D eigenvalue weighted by atomic mass is 10.0. The fraction of sp³-hybridized carbons (Fsp3) is 0.143. The molecule has 5 rings (SSSR count). The van der Waals surface area contributed by atoms with Crippen LogP contribution >= 0.6 is 0 Å². The summed E-state index contributed by atoms with van der Waals surface area (Å²) < 4.78 is 16.4. The van der Waals surface area contributed by atoms with Gasteiger partial charge in [-0.3, -0.25) is 14.9 Å².